The molecule has 1 amide bonds. The summed E-state index contributed by atoms with van der Waals surface area (Å²) in [4.78, 5) is 18.7. The number of carbonyl (C=O) groups is 1. The van der Waals surface area contributed by atoms with Crippen LogP contribution in [0, 0.1) is 5.92 Å². The van der Waals surface area contributed by atoms with Gasteiger partial charge < -0.3 is 14.5 Å². The van der Waals surface area contributed by atoms with E-state index in [0.29, 0.717) is 13.0 Å². The molecule has 4 rings (SSSR count). The normalized spacial score (nSPS) is 18.0. The lowest BCUT2D eigenvalue weighted by atomic mass is 9.90. The molecule has 0 saturated carbocycles. The molecular formula is C25H32N2O2S. The first-order chi connectivity index (χ1) is 14.7. The fraction of sp³-hybridized carbons (Fsp3) is 0.480. The Bertz CT molecular complexity index is 834. The van der Waals surface area contributed by atoms with E-state index in [0.717, 1.165) is 43.6 Å². The summed E-state index contributed by atoms with van der Waals surface area (Å²) >= 11 is 1.84. The summed E-state index contributed by atoms with van der Waals surface area (Å²) in [6.07, 6.45) is 4.27. The maximum absolute atomic E-state index is 12.9. The standard InChI is InChI=1S/C25H32N2O2S/c1-29-23-7-8-24-22(18-23)19-27(15-16-30-24)25(28)11-14-26-12-9-21(10-13-26)17-20-5-3-2-4-6-20/h2-8,18,21H,9-17,19H2,1H3. The van der Waals surface area contributed by atoms with Crippen molar-refractivity contribution in [1.82, 2.24) is 9.80 Å². The lowest BCUT2D eigenvalue weighted by Gasteiger charge is -2.32. The monoisotopic (exact) mass is 424 g/mol. The van der Waals surface area contributed by atoms with Gasteiger partial charge in [-0.05, 0) is 67.6 Å². The highest BCUT2D eigenvalue weighted by Gasteiger charge is 2.23. The minimum Gasteiger partial charge on any atom is -0.497 e. The van der Waals surface area contributed by atoms with Crippen LogP contribution in [0.1, 0.15) is 30.4 Å². The SMILES string of the molecule is COc1ccc2c(c1)CN(C(=O)CCN1CCC(Cc3ccccc3)CC1)CCS2. The first-order valence-electron chi connectivity index (χ1n) is 11.0. The molecule has 2 aliphatic rings. The van der Waals surface area contributed by atoms with Gasteiger partial charge in [0.15, 0.2) is 0 Å². The van der Waals surface area contributed by atoms with Crippen LogP contribution in [-0.2, 0) is 17.8 Å². The Hall–Kier alpha value is -1.98. The van der Waals surface area contributed by atoms with Crippen LogP contribution in [-0.4, -0.2) is 54.7 Å². The largest absolute Gasteiger partial charge is 0.497 e. The Balaban J connectivity index is 1.24. The van der Waals surface area contributed by atoms with Gasteiger partial charge in [-0.25, -0.2) is 0 Å². The van der Waals surface area contributed by atoms with E-state index in [4.69, 9.17) is 4.74 Å². The number of amides is 1. The van der Waals surface area contributed by atoms with Crippen LogP contribution >= 0.6 is 11.8 Å². The number of methoxy groups -OCH3 is 1. The number of fused-ring (bicyclic) bond motifs is 1. The molecule has 0 aromatic heterocycles. The van der Waals surface area contributed by atoms with Crippen molar-refractivity contribution in [3.63, 3.8) is 0 Å². The van der Waals surface area contributed by atoms with Gasteiger partial charge in [0.25, 0.3) is 0 Å². The number of piperidine rings is 1. The predicted octanol–water partition coefficient (Wildman–Crippen LogP) is 4.47. The predicted molar refractivity (Wildman–Crippen MR) is 123 cm³/mol. The highest BCUT2D eigenvalue weighted by Crippen LogP contribution is 2.30. The average Bonchev–Trinajstić information content (AvgIpc) is 3.01. The third-order valence-electron chi connectivity index (χ3n) is 6.32. The van der Waals surface area contributed by atoms with Crippen molar-refractivity contribution in [2.45, 2.75) is 37.1 Å². The van der Waals surface area contributed by atoms with Crippen LogP contribution in [0.3, 0.4) is 0 Å². The number of nitrogens with zero attached hydrogens (tertiary/aromatic N) is 2. The zero-order valence-corrected chi connectivity index (χ0v) is 18.7. The number of hydrogen-bond donors (Lipinski definition) is 0. The molecule has 0 unspecified atom stereocenters. The number of carbonyl (C=O) groups excluding carboxylic acids is 1. The number of hydrogen-bond acceptors (Lipinski definition) is 4. The van der Waals surface area contributed by atoms with E-state index in [2.05, 4.69) is 47.4 Å². The molecule has 0 spiro atoms. The van der Waals surface area contributed by atoms with Crippen LogP contribution in [0.5, 0.6) is 5.75 Å². The Morgan fingerprint density at radius 3 is 2.67 bits per heavy atom. The molecule has 0 radical (unpaired) electrons. The van der Waals surface area contributed by atoms with Crippen molar-refractivity contribution in [3.8, 4) is 5.75 Å². The van der Waals surface area contributed by atoms with Gasteiger partial charge in [-0.15, -0.1) is 11.8 Å². The molecule has 0 bridgehead atoms. The number of likely N-dealkylation sites (tertiary alicyclic amines) is 1. The van der Waals surface area contributed by atoms with E-state index in [1.807, 2.05) is 22.7 Å². The van der Waals surface area contributed by atoms with Crippen molar-refractivity contribution < 1.29 is 9.53 Å². The minimum atomic E-state index is 0.276. The van der Waals surface area contributed by atoms with Crippen LogP contribution < -0.4 is 4.74 Å². The molecule has 2 aliphatic heterocycles. The van der Waals surface area contributed by atoms with E-state index in [1.165, 1.54) is 35.3 Å². The van der Waals surface area contributed by atoms with Crippen LogP contribution in [0.15, 0.2) is 53.4 Å². The Morgan fingerprint density at radius 2 is 1.90 bits per heavy atom. The van der Waals surface area contributed by atoms with E-state index in [-0.39, 0.29) is 5.91 Å². The van der Waals surface area contributed by atoms with Gasteiger partial charge in [0.2, 0.25) is 5.91 Å². The molecule has 2 heterocycles. The highest BCUT2D eigenvalue weighted by molar-refractivity contribution is 7.99. The fourth-order valence-electron chi connectivity index (χ4n) is 4.48. The summed E-state index contributed by atoms with van der Waals surface area (Å²) in [5.41, 5.74) is 2.65. The Morgan fingerprint density at radius 1 is 1.10 bits per heavy atom. The van der Waals surface area contributed by atoms with Gasteiger partial charge in [-0.2, -0.15) is 0 Å². The van der Waals surface area contributed by atoms with Crippen molar-refractivity contribution in [2.24, 2.45) is 5.92 Å². The molecule has 0 aliphatic carbocycles. The van der Waals surface area contributed by atoms with Gasteiger partial charge in [-0.3, -0.25) is 4.79 Å². The van der Waals surface area contributed by atoms with Crippen LogP contribution in [0.4, 0.5) is 0 Å². The zero-order chi connectivity index (χ0) is 20.8. The molecule has 5 heteroatoms. The summed E-state index contributed by atoms with van der Waals surface area (Å²) < 4.78 is 5.37. The number of rotatable bonds is 6. The van der Waals surface area contributed by atoms with Gasteiger partial charge >= 0.3 is 0 Å². The molecule has 160 valence electrons. The van der Waals surface area contributed by atoms with Gasteiger partial charge in [0.1, 0.15) is 5.75 Å². The summed E-state index contributed by atoms with van der Waals surface area (Å²) in [7, 11) is 1.69. The third-order valence-corrected chi connectivity index (χ3v) is 7.41. The second kappa shape index (κ2) is 10.4. The summed E-state index contributed by atoms with van der Waals surface area (Å²) in [6.45, 7) is 4.62. The molecule has 0 atom stereocenters. The second-order valence-electron chi connectivity index (χ2n) is 8.36. The van der Waals surface area contributed by atoms with Crippen LogP contribution in [0.2, 0.25) is 0 Å². The summed E-state index contributed by atoms with van der Waals surface area (Å²) in [6, 6.07) is 17.0. The molecular weight excluding hydrogens is 392 g/mol. The quantitative estimate of drug-likeness (QED) is 0.685. The molecule has 1 saturated heterocycles. The Labute approximate surface area is 184 Å². The molecule has 1 fully saturated rings. The first kappa shape index (κ1) is 21.3. The van der Waals surface area contributed by atoms with Crippen LogP contribution in [0.25, 0.3) is 0 Å². The lowest BCUT2D eigenvalue weighted by molar-refractivity contribution is -0.132. The van der Waals surface area contributed by atoms with E-state index in [9.17, 15) is 4.79 Å². The van der Waals surface area contributed by atoms with Gasteiger partial charge in [0, 0.05) is 36.7 Å². The second-order valence-corrected chi connectivity index (χ2v) is 9.50. The van der Waals surface area contributed by atoms with E-state index in [1.54, 1.807) is 7.11 Å². The van der Waals surface area contributed by atoms with Crippen molar-refractivity contribution in [2.75, 3.05) is 39.0 Å². The highest BCUT2D eigenvalue weighted by atomic mass is 32.2. The molecule has 4 nitrogen and oxygen atoms in total. The van der Waals surface area contributed by atoms with E-state index >= 15 is 0 Å². The summed E-state index contributed by atoms with van der Waals surface area (Å²) in [5, 5.41) is 0. The zero-order valence-electron chi connectivity index (χ0n) is 17.9. The number of benzene rings is 2. The minimum absolute atomic E-state index is 0.276. The topological polar surface area (TPSA) is 32.8 Å². The van der Waals surface area contributed by atoms with E-state index < -0.39 is 0 Å². The molecule has 0 N–H and O–H groups in total. The van der Waals surface area contributed by atoms with Gasteiger partial charge in [0.05, 0.1) is 7.11 Å². The van der Waals surface area contributed by atoms with Crippen molar-refractivity contribution >= 4 is 17.7 Å². The fourth-order valence-corrected chi connectivity index (χ4v) is 5.49. The van der Waals surface area contributed by atoms with Crippen molar-refractivity contribution in [1.29, 1.82) is 0 Å². The Kier molecular flexibility index (Phi) is 7.34. The third kappa shape index (κ3) is 5.58. The maximum atomic E-state index is 12.9. The lowest BCUT2D eigenvalue weighted by Crippen LogP contribution is -2.38. The number of thioether (sulfide) groups is 1. The summed E-state index contributed by atoms with van der Waals surface area (Å²) in [5.74, 6) is 2.86. The first-order valence-corrected chi connectivity index (χ1v) is 12.0. The smallest absolute Gasteiger partial charge is 0.224 e. The average molecular weight is 425 g/mol. The van der Waals surface area contributed by atoms with Gasteiger partial charge in [-0.1, -0.05) is 30.3 Å². The maximum Gasteiger partial charge on any atom is 0.224 e. The number of ether oxygens (including phenoxy) is 1. The molecule has 2 aromatic carbocycles. The molecule has 30 heavy (non-hydrogen) atoms. The molecule has 2 aromatic rings. The van der Waals surface area contributed by atoms with Crippen molar-refractivity contribution in [3.05, 3.63) is 59.7 Å².